The van der Waals surface area contributed by atoms with Gasteiger partial charge in [0, 0.05) is 16.2 Å². The van der Waals surface area contributed by atoms with Crippen molar-refractivity contribution in [3.8, 4) is 5.75 Å². The Kier molecular flexibility index (Phi) is 4.35. The molecule has 2 nitrogen and oxygen atoms in total. The molecule has 0 fully saturated rings. The Bertz CT molecular complexity index is 719. The van der Waals surface area contributed by atoms with Gasteiger partial charge >= 0.3 is 0 Å². The zero-order valence-corrected chi connectivity index (χ0v) is 14.8. The van der Waals surface area contributed by atoms with Gasteiger partial charge in [0.1, 0.15) is 5.75 Å². The minimum absolute atomic E-state index is 0.0358. The van der Waals surface area contributed by atoms with Crippen LogP contribution in [0.4, 0.5) is 0 Å². The molecule has 3 heteroatoms. The van der Waals surface area contributed by atoms with E-state index in [1.165, 1.54) is 10.5 Å². The average molecular weight is 328 g/mol. The number of aliphatic hydroxyl groups excluding tert-OH is 1. The number of rotatable bonds is 2. The van der Waals surface area contributed by atoms with Crippen molar-refractivity contribution in [3.63, 3.8) is 0 Å². The highest BCUT2D eigenvalue weighted by atomic mass is 32.2. The van der Waals surface area contributed by atoms with Gasteiger partial charge in [-0.1, -0.05) is 50.0 Å². The molecule has 0 saturated heterocycles. The highest BCUT2D eigenvalue weighted by Gasteiger charge is 2.40. The third-order valence-corrected chi connectivity index (χ3v) is 6.79. The molecule has 3 unspecified atom stereocenters. The molecule has 122 valence electrons. The number of ether oxygens (including phenoxy) is 1. The monoisotopic (exact) mass is 328 g/mol. The summed E-state index contributed by atoms with van der Waals surface area (Å²) < 4.78 is 5.26. The molecule has 0 radical (unpaired) electrons. The summed E-state index contributed by atoms with van der Waals surface area (Å²) in [6.45, 7) is 4.29. The molecule has 2 aromatic carbocycles. The second kappa shape index (κ2) is 6.14. The highest BCUT2D eigenvalue weighted by molar-refractivity contribution is 8.14. The molecule has 1 heterocycles. The first kappa shape index (κ1) is 16.3. The zero-order chi connectivity index (χ0) is 16.6. The standard InChI is InChI=1S/C20H24O2S/c1-20(2)13-23(4)17-8-6-5-7-16(17)18(19(20)21)14-9-11-15(22-3)12-10-14/h5-12,18-19,21H,4,13H2,1-3H3. The van der Waals surface area contributed by atoms with Gasteiger partial charge in [0.25, 0.3) is 0 Å². The van der Waals surface area contributed by atoms with Crippen LogP contribution in [-0.2, 0) is 0 Å². The van der Waals surface area contributed by atoms with Gasteiger partial charge in [-0.15, -0.1) is 0 Å². The van der Waals surface area contributed by atoms with Gasteiger partial charge in [0.15, 0.2) is 0 Å². The Morgan fingerprint density at radius 3 is 2.43 bits per heavy atom. The normalized spacial score (nSPS) is 26.2. The Hall–Kier alpha value is -1.58. The van der Waals surface area contributed by atoms with Crippen molar-refractivity contribution >= 4 is 16.4 Å². The maximum Gasteiger partial charge on any atom is 0.118 e. The van der Waals surface area contributed by atoms with E-state index in [0.29, 0.717) is 0 Å². The summed E-state index contributed by atoms with van der Waals surface area (Å²) in [5, 5.41) is 11.2. The van der Waals surface area contributed by atoms with E-state index in [0.717, 1.165) is 17.1 Å². The fourth-order valence-corrected chi connectivity index (χ4v) is 5.43. The summed E-state index contributed by atoms with van der Waals surface area (Å²) in [7, 11) is 1.56. The van der Waals surface area contributed by atoms with Crippen molar-refractivity contribution in [1.82, 2.24) is 0 Å². The third kappa shape index (κ3) is 2.96. The van der Waals surface area contributed by atoms with Crippen molar-refractivity contribution in [2.45, 2.75) is 30.8 Å². The number of methoxy groups -OCH3 is 1. The molecule has 0 spiro atoms. The number of fused-ring (bicyclic) bond motifs is 1. The largest absolute Gasteiger partial charge is 0.497 e. The molecule has 0 amide bonds. The quantitative estimate of drug-likeness (QED) is 0.834. The fraction of sp³-hybridized carbons (Fsp3) is 0.350. The van der Waals surface area contributed by atoms with Gasteiger partial charge in [0.2, 0.25) is 0 Å². The summed E-state index contributed by atoms with van der Waals surface area (Å²) in [5.74, 6) is 6.08. The van der Waals surface area contributed by atoms with E-state index in [-0.39, 0.29) is 21.8 Å². The Balaban J connectivity index is 2.17. The number of hydrogen-bond acceptors (Lipinski definition) is 2. The third-order valence-electron chi connectivity index (χ3n) is 4.70. The summed E-state index contributed by atoms with van der Waals surface area (Å²) in [5.41, 5.74) is 2.14. The highest BCUT2D eigenvalue weighted by Crippen LogP contribution is 2.48. The van der Waals surface area contributed by atoms with Gasteiger partial charge in [-0.2, -0.15) is 10.5 Å². The minimum atomic E-state index is -0.448. The molecule has 23 heavy (non-hydrogen) atoms. The molecule has 3 atom stereocenters. The molecule has 0 bridgehead atoms. The first-order valence-electron chi connectivity index (χ1n) is 7.85. The van der Waals surface area contributed by atoms with Crippen LogP contribution >= 0.6 is 10.5 Å². The number of aliphatic hydroxyl groups is 1. The van der Waals surface area contributed by atoms with Crippen LogP contribution in [0.2, 0.25) is 0 Å². The molecule has 0 aromatic heterocycles. The van der Waals surface area contributed by atoms with Crippen molar-refractivity contribution in [3.05, 3.63) is 59.7 Å². The maximum atomic E-state index is 11.2. The van der Waals surface area contributed by atoms with Gasteiger partial charge in [-0.3, -0.25) is 0 Å². The van der Waals surface area contributed by atoms with Crippen LogP contribution in [0.5, 0.6) is 5.75 Å². The molecule has 3 rings (SSSR count). The second-order valence-corrected chi connectivity index (χ2v) is 8.57. The van der Waals surface area contributed by atoms with Gasteiger partial charge in [-0.05, 0) is 35.1 Å². The lowest BCUT2D eigenvalue weighted by Gasteiger charge is -2.34. The molecule has 0 saturated carbocycles. The van der Waals surface area contributed by atoms with Crippen LogP contribution in [0, 0.1) is 5.41 Å². The van der Waals surface area contributed by atoms with E-state index in [9.17, 15) is 5.11 Å². The van der Waals surface area contributed by atoms with E-state index >= 15 is 0 Å². The van der Waals surface area contributed by atoms with Gasteiger partial charge in [-0.25, -0.2) is 0 Å². The molecule has 0 aliphatic carbocycles. The van der Waals surface area contributed by atoms with E-state index < -0.39 is 6.10 Å². The van der Waals surface area contributed by atoms with Crippen molar-refractivity contribution in [1.29, 1.82) is 0 Å². The van der Waals surface area contributed by atoms with Crippen LogP contribution in [0.25, 0.3) is 0 Å². The summed E-state index contributed by atoms with van der Waals surface area (Å²) in [4.78, 5) is 1.28. The van der Waals surface area contributed by atoms with E-state index in [1.807, 2.05) is 12.1 Å². The van der Waals surface area contributed by atoms with Crippen LogP contribution in [0.15, 0.2) is 53.4 Å². The van der Waals surface area contributed by atoms with Crippen LogP contribution < -0.4 is 4.74 Å². The first-order chi connectivity index (χ1) is 10.9. The lowest BCUT2D eigenvalue weighted by molar-refractivity contribution is 0.0528. The predicted molar refractivity (Wildman–Crippen MR) is 98.9 cm³/mol. The molecular formula is C20H24O2S. The lowest BCUT2D eigenvalue weighted by Crippen LogP contribution is -2.36. The summed E-state index contributed by atoms with van der Waals surface area (Å²) >= 11 is 0. The molecule has 2 aromatic rings. The molecule has 1 aliphatic rings. The zero-order valence-electron chi connectivity index (χ0n) is 14.0. The van der Waals surface area contributed by atoms with Crippen LogP contribution in [0.3, 0.4) is 0 Å². The van der Waals surface area contributed by atoms with E-state index in [1.54, 1.807) is 7.11 Å². The fourth-order valence-electron chi connectivity index (χ4n) is 3.41. The lowest BCUT2D eigenvalue weighted by atomic mass is 9.75. The van der Waals surface area contributed by atoms with Crippen LogP contribution in [-0.4, -0.2) is 29.9 Å². The summed E-state index contributed by atoms with van der Waals surface area (Å²) in [6.07, 6.45) is -0.448. The van der Waals surface area contributed by atoms with Gasteiger partial charge < -0.3 is 9.84 Å². The molecule has 1 N–H and O–H groups in total. The Morgan fingerprint density at radius 2 is 1.78 bits per heavy atom. The number of benzene rings is 2. The minimum Gasteiger partial charge on any atom is -0.497 e. The van der Waals surface area contributed by atoms with Crippen LogP contribution in [0.1, 0.15) is 30.9 Å². The van der Waals surface area contributed by atoms with E-state index in [2.05, 4.69) is 56.1 Å². The number of hydrogen-bond donors (Lipinski definition) is 1. The maximum absolute atomic E-state index is 11.2. The second-order valence-electron chi connectivity index (χ2n) is 6.86. The average Bonchev–Trinajstić information content (AvgIpc) is 2.62. The van der Waals surface area contributed by atoms with Gasteiger partial charge in [0.05, 0.1) is 13.2 Å². The Labute approximate surface area is 141 Å². The molecular weight excluding hydrogens is 304 g/mol. The Morgan fingerprint density at radius 1 is 1.13 bits per heavy atom. The topological polar surface area (TPSA) is 29.5 Å². The van der Waals surface area contributed by atoms with Crippen molar-refractivity contribution < 1.29 is 9.84 Å². The van der Waals surface area contributed by atoms with Crippen molar-refractivity contribution in [2.75, 3.05) is 12.9 Å². The van der Waals surface area contributed by atoms with Crippen molar-refractivity contribution in [2.24, 2.45) is 5.41 Å². The summed E-state index contributed by atoms with van der Waals surface area (Å²) in [6, 6.07) is 16.5. The first-order valence-corrected chi connectivity index (χ1v) is 9.42. The molecule has 1 aliphatic heterocycles. The SMILES string of the molecule is C=S1CC(C)(C)C(O)C(c2ccc(OC)cc2)c2ccccc21. The smallest absolute Gasteiger partial charge is 0.118 e. The van der Waals surface area contributed by atoms with E-state index in [4.69, 9.17) is 4.74 Å². The predicted octanol–water partition coefficient (Wildman–Crippen LogP) is 4.29.